The largest absolute Gasteiger partial charge is 0.483 e. The first-order chi connectivity index (χ1) is 21.0. The molecule has 1 saturated heterocycles. The number of aryl methyl sites for hydroxylation is 1. The van der Waals surface area contributed by atoms with Crippen LogP contribution in [0.25, 0.3) is 5.82 Å². The van der Waals surface area contributed by atoms with Crippen LogP contribution in [0, 0.1) is 31.3 Å². The van der Waals surface area contributed by atoms with Gasteiger partial charge in [-0.2, -0.15) is 10.2 Å². The highest BCUT2D eigenvalue weighted by atomic mass is 32.2. The average Bonchev–Trinajstić information content (AvgIpc) is 3.55. The molecule has 2 aromatic carbocycles. The van der Waals surface area contributed by atoms with Gasteiger partial charge in [0.1, 0.15) is 22.6 Å². The number of carbonyl (C=O) groups excluding carboxylic acids is 1. The van der Waals surface area contributed by atoms with Gasteiger partial charge in [0.25, 0.3) is 0 Å². The van der Waals surface area contributed by atoms with Crippen molar-refractivity contribution in [2.24, 2.45) is 5.10 Å². The molecule has 0 spiro atoms. The fraction of sp³-hybridized carbons (Fsp3) is 0.267. The first-order valence-electron chi connectivity index (χ1n) is 13.7. The number of aromatic nitrogens is 3. The Morgan fingerprint density at radius 2 is 1.73 bits per heavy atom. The van der Waals surface area contributed by atoms with Crippen molar-refractivity contribution in [2.75, 3.05) is 13.1 Å². The van der Waals surface area contributed by atoms with Crippen LogP contribution in [0.15, 0.2) is 70.8 Å². The Morgan fingerprint density at radius 3 is 2.43 bits per heavy atom. The maximum absolute atomic E-state index is 14.7. The topological polar surface area (TPSA) is 110 Å². The average molecular weight is 625 g/mol. The molecule has 4 aromatic rings. The molecule has 0 unspecified atom stereocenters. The Bertz CT molecular complexity index is 1860. The number of sulfone groups is 1. The number of rotatable bonds is 7. The summed E-state index contributed by atoms with van der Waals surface area (Å²) in [6, 6.07) is 12.1. The SMILES string of the molecule is Cc1nn(-c2cc(OC3CN(C(=O)N4N=CC[C@H]4c4cc(F)cc(F)c4)C3)c(F)cn2)c(C)c1S(=O)(=O)Cc1ccccc1. The number of benzene rings is 2. The van der Waals surface area contributed by atoms with Gasteiger partial charge in [-0.3, -0.25) is 0 Å². The summed E-state index contributed by atoms with van der Waals surface area (Å²) in [6.45, 7) is 3.43. The minimum absolute atomic E-state index is 0.0759. The lowest BCUT2D eigenvalue weighted by atomic mass is 10.0. The van der Waals surface area contributed by atoms with Crippen LogP contribution in [0.1, 0.15) is 35.0 Å². The Hall–Kier alpha value is -4.72. The summed E-state index contributed by atoms with van der Waals surface area (Å²) in [5.41, 5.74) is 1.53. The number of halogens is 3. The van der Waals surface area contributed by atoms with Crippen molar-refractivity contribution in [3.8, 4) is 11.6 Å². The Balaban J connectivity index is 1.14. The number of amides is 2. The lowest BCUT2D eigenvalue weighted by Crippen LogP contribution is -2.58. The molecule has 1 fully saturated rings. The molecular formula is C30H27F3N6O4S. The van der Waals surface area contributed by atoms with E-state index in [9.17, 15) is 26.4 Å². The molecule has 4 heterocycles. The molecule has 2 aliphatic rings. The van der Waals surface area contributed by atoms with Crippen LogP contribution in [0.3, 0.4) is 0 Å². The second-order valence-corrected chi connectivity index (χ2v) is 12.6. The zero-order valence-electron chi connectivity index (χ0n) is 23.7. The molecule has 0 saturated carbocycles. The minimum Gasteiger partial charge on any atom is -0.483 e. The summed E-state index contributed by atoms with van der Waals surface area (Å²) in [5.74, 6) is -2.42. The van der Waals surface area contributed by atoms with Crippen LogP contribution in [-0.2, 0) is 15.6 Å². The number of hydrazone groups is 1. The van der Waals surface area contributed by atoms with Crippen LogP contribution in [0.2, 0.25) is 0 Å². The van der Waals surface area contributed by atoms with E-state index in [1.165, 1.54) is 39.0 Å². The maximum Gasteiger partial charge on any atom is 0.341 e. The van der Waals surface area contributed by atoms with Gasteiger partial charge in [-0.25, -0.2) is 41.1 Å². The fourth-order valence-electron chi connectivity index (χ4n) is 5.42. The summed E-state index contributed by atoms with van der Waals surface area (Å²) in [4.78, 5) is 18.7. The summed E-state index contributed by atoms with van der Waals surface area (Å²) in [6.07, 6.45) is 2.21. The van der Waals surface area contributed by atoms with Gasteiger partial charge in [0, 0.05) is 24.8 Å². The fourth-order valence-corrected chi connectivity index (χ4v) is 7.22. The van der Waals surface area contributed by atoms with Gasteiger partial charge in [0.15, 0.2) is 27.2 Å². The minimum atomic E-state index is -3.75. The third kappa shape index (κ3) is 5.64. The van der Waals surface area contributed by atoms with Crippen molar-refractivity contribution in [3.63, 3.8) is 0 Å². The summed E-state index contributed by atoms with van der Waals surface area (Å²) in [7, 11) is -3.75. The molecule has 228 valence electrons. The van der Waals surface area contributed by atoms with Gasteiger partial charge in [0.05, 0.1) is 42.5 Å². The number of hydrogen-bond acceptors (Lipinski definition) is 7. The third-order valence-corrected chi connectivity index (χ3v) is 9.39. The zero-order valence-corrected chi connectivity index (χ0v) is 24.5. The van der Waals surface area contributed by atoms with Crippen molar-refractivity contribution in [1.29, 1.82) is 0 Å². The lowest BCUT2D eigenvalue weighted by molar-refractivity contribution is 0.0256. The van der Waals surface area contributed by atoms with E-state index in [4.69, 9.17) is 4.74 Å². The second kappa shape index (κ2) is 11.4. The standard InChI is InChI=1S/C30H27F3N6O4S/c1-18-29(44(41,42)17-20-6-4-3-5-7-20)19(2)38(36-18)28-13-27(25(33)14-34-28)43-24-15-37(16-24)30(40)39-26(8-9-35-39)21-10-22(31)12-23(32)11-21/h3-7,9-14,24,26H,8,15-17H2,1-2H3/t26-/m0/s1. The number of likely N-dealkylation sites (tertiary alicyclic amines) is 1. The van der Waals surface area contributed by atoms with E-state index < -0.39 is 45.5 Å². The van der Waals surface area contributed by atoms with Gasteiger partial charge in [-0.15, -0.1) is 0 Å². The molecule has 2 aromatic heterocycles. The summed E-state index contributed by atoms with van der Waals surface area (Å²) >= 11 is 0. The first kappa shape index (κ1) is 29.4. The summed E-state index contributed by atoms with van der Waals surface area (Å²) < 4.78 is 76.0. The van der Waals surface area contributed by atoms with Crippen molar-refractivity contribution in [2.45, 2.75) is 43.1 Å². The molecule has 0 bridgehead atoms. The van der Waals surface area contributed by atoms with Crippen LogP contribution in [0.5, 0.6) is 5.75 Å². The molecule has 2 aliphatic heterocycles. The quantitative estimate of drug-likeness (QED) is 0.290. The van der Waals surface area contributed by atoms with Crippen LogP contribution in [-0.4, -0.2) is 64.5 Å². The maximum atomic E-state index is 14.7. The van der Waals surface area contributed by atoms with E-state index in [1.807, 2.05) is 0 Å². The molecule has 0 aliphatic carbocycles. The first-order valence-corrected chi connectivity index (χ1v) is 15.4. The van der Waals surface area contributed by atoms with Crippen molar-refractivity contribution in [3.05, 3.63) is 101 Å². The van der Waals surface area contributed by atoms with Gasteiger partial charge in [0.2, 0.25) is 0 Å². The van der Waals surface area contributed by atoms with Gasteiger partial charge in [-0.05, 0) is 37.1 Å². The number of nitrogens with zero attached hydrogens (tertiary/aromatic N) is 6. The monoisotopic (exact) mass is 624 g/mol. The highest BCUT2D eigenvalue weighted by molar-refractivity contribution is 7.90. The highest BCUT2D eigenvalue weighted by Crippen LogP contribution is 2.32. The highest BCUT2D eigenvalue weighted by Gasteiger charge is 2.39. The Labute approximate surface area is 251 Å². The third-order valence-electron chi connectivity index (χ3n) is 7.47. The van der Waals surface area contributed by atoms with Gasteiger partial charge in [-0.1, -0.05) is 30.3 Å². The summed E-state index contributed by atoms with van der Waals surface area (Å²) in [5, 5.41) is 9.63. The normalized spacial score (nSPS) is 16.8. The predicted octanol–water partition coefficient (Wildman–Crippen LogP) is 4.89. The van der Waals surface area contributed by atoms with Gasteiger partial charge >= 0.3 is 6.03 Å². The lowest BCUT2D eigenvalue weighted by Gasteiger charge is -2.41. The number of pyridine rings is 1. The molecule has 14 heteroatoms. The molecule has 0 radical (unpaired) electrons. The molecule has 0 N–H and O–H groups in total. The molecule has 44 heavy (non-hydrogen) atoms. The predicted molar refractivity (Wildman–Crippen MR) is 154 cm³/mol. The van der Waals surface area contributed by atoms with Crippen molar-refractivity contribution in [1.82, 2.24) is 24.7 Å². The van der Waals surface area contributed by atoms with Crippen molar-refractivity contribution >= 4 is 22.1 Å². The molecule has 2 amide bonds. The Morgan fingerprint density at radius 1 is 1.02 bits per heavy atom. The number of hydrogen-bond donors (Lipinski definition) is 0. The molecule has 10 nitrogen and oxygen atoms in total. The molecule has 1 atom stereocenters. The van der Waals surface area contributed by atoms with Crippen LogP contribution in [0.4, 0.5) is 18.0 Å². The molecular weight excluding hydrogens is 597 g/mol. The number of carbonyl (C=O) groups is 1. The van der Waals surface area contributed by atoms with E-state index >= 15 is 0 Å². The number of ether oxygens (including phenoxy) is 1. The van der Waals surface area contributed by atoms with E-state index in [0.29, 0.717) is 17.7 Å². The van der Waals surface area contributed by atoms with Crippen LogP contribution < -0.4 is 4.74 Å². The van der Waals surface area contributed by atoms with Gasteiger partial charge < -0.3 is 9.64 Å². The van der Waals surface area contributed by atoms with Crippen LogP contribution >= 0.6 is 0 Å². The van der Waals surface area contributed by atoms with E-state index in [0.717, 1.165) is 12.3 Å². The smallest absolute Gasteiger partial charge is 0.341 e. The van der Waals surface area contributed by atoms with E-state index in [-0.39, 0.29) is 46.6 Å². The van der Waals surface area contributed by atoms with E-state index in [1.54, 1.807) is 44.2 Å². The van der Waals surface area contributed by atoms with Crippen molar-refractivity contribution < 1.29 is 31.1 Å². The molecule has 6 rings (SSSR count). The Kier molecular flexibility index (Phi) is 7.61. The second-order valence-electron chi connectivity index (χ2n) is 10.7. The van der Waals surface area contributed by atoms with E-state index in [2.05, 4.69) is 15.2 Å². The number of urea groups is 1. The zero-order chi connectivity index (χ0) is 31.2.